The molecular weight excluding hydrogens is 518 g/mol. The van der Waals surface area contributed by atoms with Crippen LogP contribution in [0.25, 0.3) is 6.08 Å². The summed E-state index contributed by atoms with van der Waals surface area (Å²) in [6, 6.07) is 12.6. The van der Waals surface area contributed by atoms with E-state index in [9.17, 15) is 19.7 Å². The number of aromatic nitrogens is 1. The van der Waals surface area contributed by atoms with Crippen molar-refractivity contribution in [3.8, 4) is 5.75 Å². The van der Waals surface area contributed by atoms with Crippen molar-refractivity contribution < 1.29 is 19.2 Å². The van der Waals surface area contributed by atoms with Crippen LogP contribution in [0.15, 0.2) is 69.6 Å². The van der Waals surface area contributed by atoms with Crippen LogP contribution in [0.4, 0.5) is 5.69 Å². The zero-order valence-electron chi connectivity index (χ0n) is 22.4. The molecule has 39 heavy (non-hydrogen) atoms. The molecule has 3 aromatic rings. The van der Waals surface area contributed by atoms with Gasteiger partial charge in [0.05, 0.1) is 39.5 Å². The zero-order chi connectivity index (χ0) is 28.1. The molecule has 0 aliphatic carbocycles. The highest BCUT2D eigenvalue weighted by Gasteiger charge is 2.33. The Kier molecular flexibility index (Phi) is 8.75. The SMILES string of the molecule is CCCCCOc1ccc(C2C(C(=O)OC(C)C)=C(C)N=c3s/c(=C\c4ccc([N+](=O)[O-])cc4)c(=O)n32)cc1. The van der Waals surface area contributed by atoms with E-state index in [0.717, 1.165) is 24.8 Å². The summed E-state index contributed by atoms with van der Waals surface area (Å²) in [5.41, 5.74) is 1.80. The lowest BCUT2D eigenvalue weighted by Gasteiger charge is -2.25. The normalized spacial score (nSPS) is 15.2. The number of non-ortho nitro benzene ring substituents is 1. The Morgan fingerprint density at radius 2 is 1.85 bits per heavy atom. The molecular formula is C29H31N3O6S. The third kappa shape index (κ3) is 6.34. The number of carbonyl (C=O) groups is 1. The first-order valence-electron chi connectivity index (χ1n) is 12.9. The Hall–Kier alpha value is -4.05. The molecule has 0 amide bonds. The van der Waals surface area contributed by atoms with Gasteiger partial charge in [-0.2, -0.15) is 0 Å². The number of unbranched alkanes of at least 4 members (excludes halogenated alkanes) is 2. The molecule has 1 aromatic heterocycles. The average molecular weight is 550 g/mol. The van der Waals surface area contributed by atoms with Crippen molar-refractivity contribution in [1.29, 1.82) is 0 Å². The van der Waals surface area contributed by atoms with E-state index in [1.54, 1.807) is 39.0 Å². The maximum atomic E-state index is 13.7. The van der Waals surface area contributed by atoms with E-state index in [-0.39, 0.29) is 17.4 Å². The molecule has 204 valence electrons. The fourth-order valence-electron chi connectivity index (χ4n) is 4.31. The Bertz CT molecular complexity index is 1570. The molecule has 0 N–H and O–H groups in total. The number of rotatable bonds is 10. The number of fused-ring (bicyclic) bond motifs is 1. The van der Waals surface area contributed by atoms with Crippen molar-refractivity contribution in [3.63, 3.8) is 0 Å². The maximum absolute atomic E-state index is 13.7. The maximum Gasteiger partial charge on any atom is 0.338 e. The van der Waals surface area contributed by atoms with Crippen molar-refractivity contribution in [1.82, 2.24) is 4.57 Å². The number of thiazole rings is 1. The van der Waals surface area contributed by atoms with Crippen LogP contribution in [0.3, 0.4) is 0 Å². The quantitative estimate of drug-likeness (QED) is 0.157. The molecule has 2 aromatic carbocycles. The highest BCUT2D eigenvalue weighted by molar-refractivity contribution is 7.07. The number of nitro groups is 1. The highest BCUT2D eigenvalue weighted by atomic mass is 32.1. The minimum absolute atomic E-state index is 0.0321. The lowest BCUT2D eigenvalue weighted by atomic mass is 9.96. The predicted octanol–water partition coefficient (Wildman–Crippen LogP) is 4.66. The molecule has 2 heterocycles. The molecule has 0 fully saturated rings. The van der Waals surface area contributed by atoms with Crippen molar-refractivity contribution >= 4 is 29.1 Å². The van der Waals surface area contributed by atoms with Gasteiger partial charge in [0, 0.05) is 12.1 Å². The summed E-state index contributed by atoms with van der Waals surface area (Å²) in [6.07, 6.45) is 4.50. The fourth-order valence-corrected chi connectivity index (χ4v) is 5.35. The molecule has 4 rings (SSSR count). The smallest absolute Gasteiger partial charge is 0.338 e. The van der Waals surface area contributed by atoms with Crippen LogP contribution in [0, 0.1) is 10.1 Å². The van der Waals surface area contributed by atoms with Crippen LogP contribution in [-0.4, -0.2) is 28.2 Å². The molecule has 0 spiro atoms. The number of hydrogen-bond donors (Lipinski definition) is 0. The summed E-state index contributed by atoms with van der Waals surface area (Å²) < 4.78 is 13.3. The van der Waals surface area contributed by atoms with Gasteiger partial charge >= 0.3 is 5.97 Å². The molecule has 1 unspecified atom stereocenters. The van der Waals surface area contributed by atoms with Gasteiger partial charge in [0.15, 0.2) is 4.80 Å². The van der Waals surface area contributed by atoms with Crippen LogP contribution in [-0.2, 0) is 9.53 Å². The van der Waals surface area contributed by atoms with Gasteiger partial charge in [-0.3, -0.25) is 19.5 Å². The first kappa shape index (κ1) is 28.0. The van der Waals surface area contributed by atoms with E-state index in [1.165, 1.54) is 28.0 Å². The first-order valence-corrected chi connectivity index (χ1v) is 13.7. The summed E-state index contributed by atoms with van der Waals surface area (Å²) in [6.45, 7) is 8.04. The second-order valence-corrected chi connectivity index (χ2v) is 10.5. The van der Waals surface area contributed by atoms with E-state index in [4.69, 9.17) is 9.47 Å². The van der Waals surface area contributed by atoms with Crippen molar-refractivity contribution in [3.05, 3.63) is 101 Å². The lowest BCUT2D eigenvalue weighted by molar-refractivity contribution is -0.384. The Morgan fingerprint density at radius 1 is 1.15 bits per heavy atom. The van der Waals surface area contributed by atoms with Crippen LogP contribution >= 0.6 is 11.3 Å². The van der Waals surface area contributed by atoms with E-state index in [2.05, 4.69) is 11.9 Å². The second kappa shape index (κ2) is 12.2. The first-order chi connectivity index (χ1) is 18.7. The number of nitrogens with zero attached hydrogens (tertiary/aromatic N) is 3. The third-order valence-corrected chi connectivity index (χ3v) is 7.18. The minimum atomic E-state index is -0.736. The number of carbonyl (C=O) groups excluding carboxylic acids is 1. The van der Waals surface area contributed by atoms with Gasteiger partial charge in [-0.05, 0) is 68.7 Å². The van der Waals surface area contributed by atoms with Crippen LogP contribution in [0.1, 0.15) is 64.1 Å². The average Bonchev–Trinajstić information content (AvgIpc) is 3.20. The lowest BCUT2D eigenvalue weighted by Crippen LogP contribution is -2.40. The predicted molar refractivity (Wildman–Crippen MR) is 150 cm³/mol. The van der Waals surface area contributed by atoms with Gasteiger partial charge in [-0.25, -0.2) is 9.79 Å². The molecule has 1 atom stereocenters. The number of allylic oxidation sites excluding steroid dienone is 1. The van der Waals surface area contributed by atoms with Gasteiger partial charge in [-0.1, -0.05) is 43.2 Å². The number of benzene rings is 2. The van der Waals surface area contributed by atoms with Gasteiger partial charge in [0.2, 0.25) is 0 Å². The van der Waals surface area contributed by atoms with Crippen LogP contribution in [0.2, 0.25) is 0 Å². The largest absolute Gasteiger partial charge is 0.494 e. The molecule has 0 radical (unpaired) electrons. The topological polar surface area (TPSA) is 113 Å². The van der Waals surface area contributed by atoms with Crippen molar-refractivity contribution in [2.24, 2.45) is 4.99 Å². The number of hydrogen-bond acceptors (Lipinski definition) is 8. The summed E-state index contributed by atoms with van der Waals surface area (Å²) in [7, 11) is 0. The Morgan fingerprint density at radius 3 is 2.46 bits per heavy atom. The van der Waals surface area contributed by atoms with Gasteiger partial charge in [0.1, 0.15) is 5.75 Å². The molecule has 0 saturated heterocycles. The van der Waals surface area contributed by atoms with Gasteiger partial charge in [0.25, 0.3) is 11.2 Å². The molecule has 9 nitrogen and oxygen atoms in total. The summed E-state index contributed by atoms with van der Waals surface area (Å²) in [5, 5.41) is 11.0. The van der Waals surface area contributed by atoms with E-state index in [1.807, 2.05) is 24.3 Å². The van der Waals surface area contributed by atoms with Crippen LogP contribution < -0.4 is 19.6 Å². The van der Waals surface area contributed by atoms with E-state index in [0.29, 0.717) is 38.5 Å². The van der Waals surface area contributed by atoms with Gasteiger partial charge < -0.3 is 9.47 Å². The summed E-state index contributed by atoms with van der Waals surface area (Å²) in [5.74, 6) is 0.188. The molecule has 0 saturated carbocycles. The van der Waals surface area contributed by atoms with E-state index < -0.39 is 16.9 Å². The molecule has 1 aliphatic heterocycles. The van der Waals surface area contributed by atoms with E-state index >= 15 is 0 Å². The van der Waals surface area contributed by atoms with Gasteiger partial charge in [-0.15, -0.1) is 0 Å². The monoisotopic (exact) mass is 549 g/mol. The van der Waals surface area contributed by atoms with Crippen molar-refractivity contribution in [2.75, 3.05) is 6.61 Å². The summed E-state index contributed by atoms with van der Waals surface area (Å²) >= 11 is 1.20. The zero-order valence-corrected chi connectivity index (χ0v) is 23.2. The van der Waals surface area contributed by atoms with Crippen molar-refractivity contribution in [2.45, 2.75) is 59.1 Å². The molecule has 1 aliphatic rings. The Labute approximate surface area is 229 Å². The highest BCUT2D eigenvalue weighted by Crippen LogP contribution is 2.32. The molecule has 10 heteroatoms. The third-order valence-electron chi connectivity index (χ3n) is 6.20. The van der Waals surface area contributed by atoms with Crippen LogP contribution in [0.5, 0.6) is 5.75 Å². The number of nitro benzene ring substituents is 1. The Balaban J connectivity index is 1.78. The second-order valence-electron chi connectivity index (χ2n) is 9.51. The number of esters is 1. The fraction of sp³-hybridized carbons (Fsp3) is 0.345. The number of ether oxygens (including phenoxy) is 2. The minimum Gasteiger partial charge on any atom is -0.494 e. The summed E-state index contributed by atoms with van der Waals surface area (Å²) in [4.78, 5) is 42.5. The molecule has 0 bridgehead atoms. The standard InChI is InChI=1S/C29H31N3O6S/c1-5-6-7-16-37-23-14-10-21(11-15-23)26-25(28(34)38-18(2)3)19(4)30-29-31(26)27(33)24(39-29)17-20-8-12-22(13-9-20)32(35)36/h8-15,17-18,26H,5-7,16H2,1-4H3/b24-17-.